The van der Waals surface area contributed by atoms with Crippen LogP contribution in [-0.2, 0) is 5.41 Å². The molecule has 0 N–H and O–H groups in total. The first-order valence-electron chi connectivity index (χ1n) is 21.2. The summed E-state index contributed by atoms with van der Waals surface area (Å²) in [5.74, 6) is 0. The van der Waals surface area contributed by atoms with Gasteiger partial charge in [-0.15, -0.1) is 0 Å². The first-order chi connectivity index (χ1) is 30.3. The molecule has 0 saturated carbocycles. The zero-order valence-corrected chi connectivity index (χ0v) is 33.3. The van der Waals surface area contributed by atoms with Crippen molar-refractivity contribution in [1.82, 2.24) is 4.57 Å². The Hall–Kier alpha value is -7.94. The van der Waals surface area contributed by atoms with E-state index in [-0.39, 0.29) is 5.41 Å². The van der Waals surface area contributed by atoms with Crippen LogP contribution in [0.4, 0.5) is 17.1 Å². The molecule has 0 amide bonds. The molecule has 2 aliphatic rings. The fourth-order valence-corrected chi connectivity index (χ4v) is 10.7. The Kier molecular flexibility index (Phi) is 7.26. The number of fused-ring (bicyclic) bond motifs is 10. The first kappa shape index (κ1) is 34.0. The molecule has 0 atom stereocenters. The monoisotopic (exact) mass is 774 g/mol. The van der Waals surface area contributed by atoms with Gasteiger partial charge in [0.05, 0.1) is 16.4 Å². The summed E-state index contributed by atoms with van der Waals surface area (Å²) in [7, 11) is 0. The normalized spacial score (nSPS) is 13.0. The lowest BCUT2D eigenvalue weighted by Crippen LogP contribution is -2.36. The number of hydrogen-bond donors (Lipinski definition) is 0. The van der Waals surface area contributed by atoms with Crippen molar-refractivity contribution in [2.45, 2.75) is 5.41 Å². The van der Waals surface area contributed by atoms with Gasteiger partial charge < -0.3 is 9.47 Å². The van der Waals surface area contributed by atoms with Gasteiger partial charge in [0.15, 0.2) is 0 Å². The molecule has 2 nitrogen and oxygen atoms in total. The standard InChI is InChI=1S/C59H38N2/c1-3-14-39(15-4-1)40-28-31-45(32-29-40)60(47-33-34-49-48-22-7-9-24-52(48)59(55(49)38-47)53-25-12-16-41-17-13-26-54(59)58(41)53)46-21-11-18-42(36-46)43-30-35-57-51(37-43)50-23-8-10-27-56(50)61(57)44-19-5-2-6-20-44/h1-38H. The van der Waals surface area contributed by atoms with E-state index in [9.17, 15) is 0 Å². The summed E-state index contributed by atoms with van der Waals surface area (Å²) in [5.41, 5.74) is 19.5. The summed E-state index contributed by atoms with van der Waals surface area (Å²) in [6, 6.07) is 85.0. The Bertz CT molecular complexity index is 3490. The van der Waals surface area contributed by atoms with Gasteiger partial charge in [0.2, 0.25) is 0 Å². The van der Waals surface area contributed by atoms with Crippen LogP contribution in [0.5, 0.6) is 0 Å². The molecular formula is C59H38N2. The van der Waals surface area contributed by atoms with E-state index in [0.717, 1.165) is 17.1 Å². The van der Waals surface area contributed by atoms with E-state index in [4.69, 9.17) is 0 Å². The van der Waals surface area contributed by atoms with Crippen LogP contribution in [0.1, 0.15) is 22.3 Å². The van der Waals surface area contributed by atoms with Gasteiger partial charge in [-0.2, -0.15) is 0 Å². The minimum Gasteiger partial charge on any atom is -0.310 e. The third-order valence-electron chi connectivity index (χ3n) is 13.4. The average Bonchev–Trinajstić information content (AvgIpc) is 3.83. The van der Waals surface area contributed by atoms with Gasteiger partial charge in [0.1, 0.15) is 0 Å². The predicted octanol–water partition coefficient (Wildman–Crippen LogP) is 15.4. The molecule has 0 unspecified atom stereocenters. The third kappa shape index (κ3) is 4.85. The third-order valence-corrected chi connectivity index (χ3v) is 13.4. The van der Waals surface area contributed by atoms with Crippen LogP contribution in [0, 0.1) is 0 Å². The number of nitrogens with zero attached hydrogens (tertiary/aromatic N) is 2. The van der Waals surface area contributed by atoms with E-state index in [1.807, 2.05) is 0 Å². The van der Waals surface area contributed by atoms with Crippen molar-refractivity contribution in [2.75, 3.05) is 4.90 Å². The van der Waals surface area contributed by atoms with Crippen LogP contribution >= 0.6 is 0 Å². The molecule has 10 aromatic carbocycles. The van der Waals surface area contributed by atoms with Gasteiger partial charge in [-0.3, -0.25) is 0 Å². The van der Waals surface area contributed by atoms with Gasteiger partial charge in [-0.1, -0.05) is 164 Å². The van der Waals surface area contributed by atoms with Crippen molar-refractivity contribution in [1.29, 1.82) is 0 Å². The Morgan fingerprint density at radius 2 is 0.902 bits per heavy atom. The van der Waals surface area contributed by atoms with Crippen LogP contribution in [0.25, 0.3) is 71.6 Å². The molecule has 1 aromatic heterocycles. The number of rotatable bonds is 6. The highest BCUT2D eigenvalue weighted by Crippen LogP contribution is 2.64. The van der Waals surface area contributed by atoms with Crippen molar-refractivity contribution in [3.8, 4) is 39.1 Å². The van der Waals surface area contributed by atoms with E-state index in [1.165, 1.54) is 93.9 Å². The largest absolute Gasteiger partial charge is 0.310 e. The van der Waals surface area contributed by atoms with Gasteiger partial charge in [0, 0.05) is 33.5 Å². The maximum Gasteiger partial charge on any atom is 0.0726 e. The smallest absolute Gasteiger partial charge is 0.0726 e. The quantitative estimate of drug-likeness (QED) is 0.163. The van der Waals surface area contributed by atoms with Gasteiger partial charge in [-0.25, -0.2) is 0 Å². The lowest BCUT2D eigenvalue weighted by atomic mass is 9.58. The van der Waals surface area contributed by atoms with Crippen LogP contribution < -0.4 is 4.90 Å². The molecule has 284 valence electrons. The highest BCUT2D eigenvalue weighted by atomic mass is 15.1. The van der Waals surface area contributed by atoms with E-state index >= 15 is 0 Å². The summed E-state index contributed by atoms with van der Waals surface area (Å²) in [4.78, 5) is 2.44. The highest BCUT2D eigenvalue weighted by Gasteiger charge is 2.53. The van der Waals surface area contributed by atoms with Crippen molar-refractivity contribution in [2.24, 2.45) is 0 Å². The van der Waals surface area contributed by atoms with Crippen LogP contribution in [0.2, 0.25) is 0 Å². The zero-order valence-electron chi connectivity index (χ0n) is 33.3. The van der Waals surface area contributed by atoms with E-state index < -0.39 is 0 Å². The summed E-state index contributed by atoms with van der Waals surface area (Å²) >= 11 is 0. The Balaban J connectivity index is 0.989. The van der Waals surface area contributed by atoms with E-state index in [1.54, 1.807) is 0 Å². The Morgan fingerprint density at radius 3 is 1.72 bits per heavy atom. The highest BCUT2D eigenvalue weighted by molar-refractivity contribution is 6.11. The number of hydrogen-bond acceptors (Lipinski definition) is 1. The summed E-state index contributed by atoms with van der Waals surface area (Å²) in [6.07, 6.45) is 0. The van der Waals surface area contributed by atoms with Crippen molar-refractivity contribution < 1.29 is 0 Å². The zero-order chi connectivity index (χ0) is 40.1. The van der Waals surface area contributed by atoms with E-state index in [2.05, 4.69) is 240 Å². The minimum atomic E-state index is -0.322. The van der Waals surface area contributed by atoms with Crippen LogP contribution in [0.15, 0.2) is 231 Å². The van der Waals surface area contributed by atoms with Crippen molar-refractivity contribution in [3.05, 3.63) is 253 Å². The summed E-state index contributed by atoms with van der Waals surface area (Å²) in [5, 5.41) is 5.20. The lowest BCUT2D eigenvalue weighted by molar-refractivity contribution is 0.745. The van der Waals surface area contributed by atoms with Crippen LogP contribution in [-0.4, -0.2) is 4.57 Å². The number of para-hydroxylation sites is 2. The fraction of sp³-hybridized carbons (Fsp3) is 0.0169. The second-order valence-electron chi connectivity index (χ2n) is 16.5. The second kappa shape index (κ2) is 13.0. The number of anilines is 3. The maximum atomic E-state index is 2.48. The fourth-order valence-electron chi connectivity index (χ4n) is 10.7. The molecule has 61 heavy (non-hydrogen) atoms. The molecular weight excluding hydrogens is 737 g/mol. The van der Waals surface area contributed by atoms with Crippen molar-refractivity contribution >= 4 is 49.6 Å². The molecule has 2 aliphatic carbocycles. The van der Waals surface area contributed by atoms with Gasteiger partial charge >= 0.3 is 0 Å². The molecule has 1 spiro atoms. The van der Waals surface area contributed by atoms with E-state index in [0.29, 0.717) is 0 Å². The SMILES string of the molecule is c1ccc(-c2ccc(N(c3cccc(-c4ccc5c(c4)c4ccccc4n5-c4ccccc4)c3)c3ccc4c(c3)C3(c5ccccc5-4)c4cccc5cccc3c45)cc2)cc1. The van der Waals surface area contributed by atoms with Gasteiger partial charge in [0.25, 0.3) is 0 Å². The summed E-state index contributed by atoms with van der Waals surface area (Å²) in [6.45, 7) is 0. The molecule has 0 fully saturated rings. The topological polar surface area (TPSA) is 8.17 Å². The molecule has 13 rings (SSSR count). The molecule has 0 aliphatic heterocycles. The molecule has 0 radical (unpaired) electrons. The van der Waals surface area contributed by atoms with Gasteiger partial charge in [-0.05, 0) is 133 Å². The first-order valence-corrected chi connectivity index (χ1v) is 21.2. The molecule has 0 bridgehead atoms. The molecule has 2 heteroatoms. The average molecular weight is 775 g/mol. The molecule has 0 saturated heterocycles. The Labute approximate surface area is 354 Å². The predicted molar refractivity (Wildman–Crippen MR) is 255 cm³/mol. The number of aromatic nitrogens is 1. The summed E-state index contributed by atoms with van der Waals surface area (Å²) < 4.78 is 2.38. The lowest BCUT2D eigenvalue weighted by Gasteiger charge is -2.43. The Morgan fingerprint density at radius 1 is 0.328 bits per heavy atom. The second-order valence-corrected chi connectivity index (χ2v) is 16.5. The minimum absolute atomic E-state index is 0.322. The molecule has 1 heterocycles. The maximum absolute atomic E-state index is 2.48. The van der Waals surface area contributed by atoms with Crippen LogP contribution in [0.3, 0.4) is 0 Å². The van der Waals surface area contributed by atoms with Crippen molar-refractivity contribution in [3.63, 3.8) is 0 Å². The molecule has 11 aromatic rings. The number of benzene rings is 10.